The number of benzene rings is 1. The molecule has 1 aliphatic rings. The van der Waals surface area contributed by atoms with E-state index in [0.717, 1.165) is 31.0 Å². The van der Waals surface area contributed by atoms with E-state index in [4.69, 9.17) is 11.6 Å². The first-order valence-corrected chi connectivity index (χ1v) is 10.4. The predicted molar refractivity (Wildman–Crippen MR) is 112 cm³/mol. The first-order valence-electron chi connectivity index (χ1n) is 10.0. The van der Waals surface area contributed by atoms with Gasteiger partial charge in [-0.25, -0.2) is 0 Å². The summed E-state index contributed by atoms with van der Waals surface area (Å²) in [6.07, 6.45) is 1.86. The number of nitrogens with zero attached hydrogens (tertiary/aromatic N) is 1. The molecule has 1 fully saturated rings. The molecule has 0 bridgehead atoms. The van der Waals surface area contributed by atoms with Gasteiger partial charge in [0.1, 0.15) is 6.23 Å². The fourth-order valence-electron chi connectivity index (χ4n) is 3.76. The molecule has 1 heterocycles. The highest BCUT2D eigenvalue weighted by molar-refractivity contribution is 6.30. The largest absolute Gasteiger partial charge is 0.379 e. The summed E-state index contributed by atoms with van der Waals surface area (Å²) >= 11 is 5.98. The maximum atomic E-state index is 13.1. The lowest BCUT2D eigenvalue weighted by molar-refractivity contribution is -0.137. The number of aliphatic hydroxyl groups is 1. The quantitative estimate of drug-likeness (QED) is 0.702. The molecular weight excluding hydrogens is 360 g/mol. The molecule has 0 saturated carbocycles. The number of hydrogen-bond donors (Lipinski definition) is 2. The Morgan fingerprint density at radius 3 is 2.26 bits per heavy atom. The van der Waals surface area contributed by atoms with E-state index >= 15 is 0 Å². The Labute approximate surface area is 169 Å². The minimum absolute atomic E-state index is 0.00786. The van der Waals surface area contributed by atoms with Gasteiger partial charge in [-0.05, 0) is 54.2 Å². The molecule has 27 heavy (non-hydrogen) atoms. The zero-order valence-electron chi connectivity index (χ0n) is 17.3. The van der Waals surface area contributed by atoms with E-state index in [-0.39, 0.29) is 23.3 Å². The van der Waals surface area contributed by atoms with Crippen LogP contribution in [0.15, 0.2) is 24.3 Å². The predicted octanol–water partition coefficient (Wildman–Crippen LogP) is 4.41. The van der Waals surface area contributed by atoms with Gasteiger partial charge in [0.05, 0.1) is 6.04 Å². The average molecular weight is 395 g/mol. The molecule has 1 aliphatic heterocycles. The summed E-state index contributed by atoms with van der Waals surface area (Å²) in [6.45, 7) is 11.8. The smallest absolute Gasteiger partial charge is 0.240 e. The van der Waals surface area contributed by atoms with Crippen molar-refractivity contribution < 1.29 is 9.90 Å². The fraction of sp³-hybridized carbons (Fsp3) is 0.682. The number of piperidine rings is 1. The number of aliphatic hydroxyl groups excluding tert-OH is 1. The van der Waals surface area contributed by atoms with Crippen LogP contribution in [0.4, 0.5) is 0 Å². The van der Waals surface area contributed by atoms with Gasteiger partial charge in [-0.2, -0.15) is 0 Å². The minimum Gasteiger partial charge on any atom is -0.379 e. The Morgan fingerprint density at radius 2 is 1.78 bits per heavy atom. The maximum absolute atomic E-state index is 13.1. The number of likely N-dealkylation sites (tertiary alicyclic amines) is 1. The Hall–Kier alpha value is -1.10. The van der Waals surface area contributed by atoms with Crippen LogP contribution in [-0.2, 0) is 4.79 Å². The molecule has 2 rings (SSSR count). The SMILES string of the molecule is CC(C)C(N[C@H](O)CC(C)(C)C)C(=O)N1CCC(c2ccc(Cl)cc2)CC1. The second-order valence-electron chi connectivity index (χ2n) is 9.32. The molecule has 0 spiro atoms. The fourth-order valence-corrected chi connectivity index (χ4v) is 3.89. The second-order valence-corrected chi connectivity index (χ2v) is 9.76. The van der Waals surface area contributed by atoms with Crippen molar-refractivity contribution in [1.29, 1.82) is 0 Å². The van der Waals surface area contributed by atoms with Crippen molar-refractivity contribution in [3.63, 3.8) is 0 Å². The summed E-state index contributed by atoms with van der Waals surface area (Å²) in [5.74, 6) is 0.705. The third-order valence-electron chi connectivity index (χ3n) is 5.26. The van der Waals surface area contributed by atoms with Crippen LogP contribution in [0.3, 0.4) is 0 Å². The van der Waals surface area contributed by atoms with Gasteiger partial charge in [0.2, 0.25) is 5.91 Å². The lowest BCUT2D eigenvalue weighted by atomic mass is 9.88. The van der Waals surface area contributed by atoms with E-state index < -0.39 is 6.23 Å². The molecule has 1 aromatic rings. The lowest BCUT2D eigenvalue weighted by Gasteiger charge is -2.37. The van der Waals surface area contributed by atoms with Crippen LogP contribution in [0.25, 0.3) is 0 Å². The van der Waals surface area contributed by atoms with Gasteiger partial charge in [-0.1, -0.05) is 58.4 Å². The van der Waals surface area contributed by atoms with Gasteiger partial charge < -0.3 is 10.0 Å². The number of carbonyl (C=O) groups is 1. The van der Waals surface area contributed by atoms with Crippen molar-refractivity contribution in [1.82, 2.24) is 10.2 Å². The number of carbonyl (C=O) groups excluding carboxylic acids is 1. The molecule has 5 heteroatoms. The number of rotatable bonds is 6. The van der Waals surface area contributed by atoms with Crippen molar-refractivity contribution in [3.05, 3.63) is 34.9 Å². The second kappa shape index (κ2) is 9.40. The molecular formula is C22H35ClN2O2. The highest BCUT2D eigenvalue weighted by Crippen LogP contribution is 2.29. The Balaban J connectivity index is 1.94. The number of nitrogens with one attached hydrogen (secondary N) is 1. The van der Waals surface area contributed by atoms with Crippen LogP contribution >= 0.6 is 11.6 Å². The molecule has 0 aromatic heterocycles. The van der Waals surface area contributed by atoms with Crippen LogP contribution in [0.5, 0.6) is 0 Å². The van der Waals surface area contributed by atoms with E-state index in [9.17, 15) is 9.90 Å². The highest BCUT2D eigenvalue weighted by atomic mass is 35.5. The van der Waals surface area contributed by atoms with E-state index in [0.29, 0.717) is 12.3 Å². The summed E-state index contributed by atoms with van der Waals surface area (Å²) in [4.78, 5) is 15.0. The molecule has 2 atom stereocenters. The van der Waals surface area contributed by atoms with Crippen molar-refractivity contribution >= 4 is 17.5 Å². The minimum atomic E-state index is -0.673. The van der Waals surface area contributed by atoms with Gasteiger partial charge in [0, 0.05) is 18.1 Å². The van der Waals surface area contributed by atoms with E-state index in [2.05, 4.69) is 38.2 Å². The summed E-state index contributed by atoms with van der Waals surface area (Å²) in [5, 5.41) is 14.3. The van der Waals surface area contributed by atoms with Crippen molar-refractivity contribution in [2.75, 3.05) is 13.1 Å². The summed E-state index contributed by atoms with van der Waals surface area (Å²) in [6, 6.07) is 7.69. The normalized spacial score (nSPS) is 18.6. The van der Waals surface area contributed by atoms with Gasteiger partial charge in [0.25, 0.3) is 0 Å². The maximum Gasteiger partial charge on any atom is 0.240 e. The van der Waals surface area contributed by atoms with E-state index in [1.54, 1.807) is 0 Å². The van der Waals surface area contributed by atoms with Gasteiger partial charge in [0.15, 0.2) is 0 Å². The Bertz CT molecular complexity index is 602. The molecule has 1 unspecified atom stereocenters. The first kappa shape index (κ1) is 22.2. The molecule has 1 saturated heterocycles. The third kappa shape index (κ3) is 6.78. The van der Waals surface area contributed by atoms with Crippen LogP contribution < -0.4 is 5.32 Å². The molecule has 1 amide bonds. The van der Waals surface area contributed by atoms with Crippen molar-refractivity contribution in [3.8, 4) is 0 Å². The van der Waals surface area contributed by atoms with E-state index in [1.165, 1.54) is 5.56 Å². The lowest BCUT2D eigenvalue weighted by Crippen LogP contribution is -2.54. The van der Waals surface area contributed by atoms with Gasteiger partial charge in [-0.3, -0.25) is 10.1 Å². The zero-order valence-corrected chi connectivity index (χ0v) is 18.1. The molecule has 1 aromatic carbocycles. The van der Waals surface area contributed by atoms with Crippen molar-refractivity contribution in [2.24, 2.45) is 11.3 Å². The number of hydrogen-bond acceptors (Lipinski definition) is 3. The van der Waals surface area contributed by atoms with E-state index in [1.807, 2.05) is 30.9 Å². The van der Waals surface area contributed by atoms with Crippen LogP contribution in [0, 0.1) is 11.3 Å². The molecule has 152 valence electrons. The summed E-state index contributed by atoms with van der Waals surface area (Å²) < 4.78 is 0. The van der Waals surface area contributed by atoms with Crippen molar-refractivity contribution in [2.45, 2.75) is 72.1 Å². The topological polar surface area (TPSA) is 52.6 Å². The monoisotopic (exact) mass is 394 g/mol. The molecule has 0 radical (unpaired) electrons. The van der Waals surface area contributed by atoms with Gasteiger partial charge >= 0.3 is 0 Å². The summed E-state index contributed by atoms with van der Waals surface area (Å²) in [5.41, 5.74) is 1.30. The Morgan fingerprint density at radius 1 is 1.22 bits per heavy atom. The Kier molecular flexibility index (Phi) is 7.73. The van der Waals surface area contributed by atoms with Crippen LogP contribution in [0.2, 0.25) is 5.02 Å². The first-order chi connectivity index (χ1) is 12.6. The number of halogens is 1. The molecule has 0 aliphatic carbocycles. The van der Waals surface area contributed by atoms with Gasteiger partial charge in [-0.15, -0.1) is 0 Å². The standard InChI is InChI=1S/C22H35ClN2O2/c1-15(2)20(24-19(26)14-22(3,4)5)21(27)25-12-10-17(11-13-25)16-6-8-18(23)9-7-16/h6-9,15,17,19-20,24,26H,10-14H2,1-5H3/t19-,20?/m1/s1. The van der Waals surface area contributed by atoms with Crippen LogP contribution in [0.1, 0.15) is 65.4 Å². The highest BCUT2D eigenvalue weighted by Gasteiger charge is 2.32. The zero-order chi connectivity index (χ0) is 20.2. The van der Waals surface area contributed by atoms with Crippen LogP contribution in [-0.4, -0.2) is 41.3 Å². The number of amides is 1. The molecule has 2 N–H and O–H groups in total. The average Bonchev–Trinajstić information content (AvgIpc) is 2.58. The molecule has 4 nitrogen and oxygen atoms in total. The summed E-state index contributed by atoms with van der Waals surface area (Å²) in [7, 11) is 0. The third-order valence-corrected chi connectivity index (χ3v) is 5.51.